The fraction of sp³-hybridized carbons (Fsp3) is 0. The molecule has 0 spiro atoms. The largest absolute Gasteiger partial charge is 0.263 e. The van der Waals surface area contributed by atoms with Gasteiger partial charge in [0.25, 0.3) is 0 Å². The summed E-state index contributed by atoms with van der Waals surface area (Å²) in [5.74, 6) is 0. The normalized spacial score (nSPS) is 10.2. The van der Waals surface area contributed by atoms with E-state index in [4.69, 9.17) is 5.26 Å². The van der Waals surface area contributed by atoms with Crippen LogP contribution in [-0.4, -0.2) is 25.2 Å². The average molecular weight is 280 g/mol. The molecule has 0 N–H and O–H groups in total. The van der Waals surface area contributed by atoms with Crippen LogP contribution in [0.5, 0.6) is 0 Å². The van der Waals surface area contributed by atoms with Gasteiger partial charge < -0.3 is 0 Å². The van der Waals surface area contributed by atoms with Gasteiger partial charge in [0.05, 0.1) is 16.1 Å². The van der Waals surface area contributed by atoms with Crippen LogP contribution >= 0.6 is 11.8 Å². The summed E-state index contributed by atoms with van der Waals surface area (Å²) in [4.78, 5) is 4.75. The summed E-state index contributed by atoms with van der Waals surface area (Å²) < 4.78 is 1.62. The van der Waals surface area contributed by atoms with Gasteiger partial charge in [0.2, 0.25) is 5.16 Å². The van der Waals surface area contributed by atoms with Gasteiger partial charge >= 0.3 is 0 Å². The first-order valence-corrected chi connectivity index (χ1v) is 6.56. The van der Waals surface area contributed by atoms with Gasteiger partial charge in [-0.15, -0.1) is 5.10 Å². The zero-order valence-corrected chi connectivity index (χ0v) is 11.0. The van der Waals surface area contributed by atoms with Crippen LogP contribution in [0.3, 0.4) is 0 Å². The van der Waals surface area contributed by atoms with E-state index in [1.54, 1.807) is 23.1 Å². The number of tetrazole rings is 1. The number of pyridine rings is 1. The SMILES string of the molecule is N#Cc1ccncc1Sc1nnnn1-c1ccccc1. The van der Waals surface area contributed by atoms with Gasteiger partial charge in [0.15, 0.2) is 0 Å². The third-order valence-electron chi connectivity index (χ3n) is 2.55. The lowest BCUT2D eigenvalue weighted by molar-refractivity contribution is 0.756. The number of hydrogen-bond donors (Lipinski definition) is 0. The molecule has 0 saturated carbocycles. The Labute approximate surface area is 119 Å². The van der Waals surface area contributed by atoms with E-state index < -0.39 is 0 Å². The van der Waals surface area contributed by atoms with Crippen molar-refractivity contribution in [2.75, 3.05) is 0 Å². The fourth-order valence-corrected chi connectivity index (χ4v) is 2.47. The average Bonchev–Trinajstić information content (AvgIpc) is 2.97. The monoisotopic (exact) mass is 280 g/mol. The number of nitriles is 1. The molecule has 0 atom stereocenters. The summed E-state index contributed by atoms with van der Waals surface area (Å²) in [7, 11) is 0. The molecule has 0 saturated heterocycles. The second kappa shape index (κ2) is 5.50. The number of nitrogens with zero attached hydrogens (tertiary/aromatic N) is 6. The first kappa shape index (κ1) is 12.3. The van der Waals surface area contributed by atoms with Gasteiger partial charge in [-0.1, -0.05) is 18.2 Å². The molecular weight excluding hydrogens is 272 g/mol. The van der Waals surface area contributed by atoms with E-state index in [0.29, 0.717) is 10.7 Å². The quantitative estimate of drug-likeness (QED) is 0.730. The van der Waals surface area contributed by atoms with Crippen LogP contribution in [0.1, 0.15) is 5.56 Å². The molecule has 0 unspecified atom stereocenters. The minimum absolute atomic E-state index is 0.549. The van der Waals surface area contributed by atoms with Gasteiger partial charge in [-0.05, 0) is 40.4 Å². The summed E-state index contributed by atoms with van der Waals surface area (Å²) in [5, 5.41) is 21.3. The summed E-state index contributed by atoms with van der Waals surface area (Å²) in [6, 6.07) is 13.4. The number of benzene rings is 1. The Balaban J connectivity index is 1.98. The van der Waals surface area contributed by atoms with Crippen LogP contribution in [0.4, 0.5) is 0 Å². The van der Waals surface area contributed by atoms with Crippen molar-refractivity contribution >= 4 is 11.8 Å². The molecule has 1 aromatic carbocycles. The van der Waals surface area contributed by atoms with Crippen LogP contribution < -0.4 is 0 Å². The molecule has 3 aromatic rings. The van der Waals surface area contributed by atoms with Crippen molar-refractivity contribution in [1.82, 2.24) is 25.2 Å². The van der Waals surface area contributed by atoms with Crippen molar-refractivity contribution in [2.24, 2.45) is 0 Å². The Hall–Kier alpha value is -2.72. The number of para-hydroxylation sites is 1. The highest BCUT2D eigenvalue weighted by Crippen LogP contribution is 2.28. The number of rotatable bonds is 3. The van der Waals surface area contributed by atoms with E-state index in [1.807, 2.05) is 30.3 Å². The Kier molecular flexibility index (Phi) is 3.39. The lowest BCUT2D eigenvalue weighted by Crippen LogP contribution is -1.98. The lowest BCUT2D eigenvalue weighted by atomic mass is 10.3. The Morgan fingerprint density at radius 1 is 1.15 bits per heavy atom. The van der Waals surface area contributed by atoms with Gasteiger partial charge in [-0.3, -0.25) is 4.98 Å². The molecule has 0 radical (unpaired) electrons. The third kappa shape index (κ3) is 2.37. The predicted octanol–water partition coefficient (Wildman–Crippen LogP) is 2.08. The maximum absolute atomic E-state index is 9.08. The Bertz CT molecular complexity index is 762. The summed E-state index contributed by atoms with van der Waals surface area (Å²) >= 11 is 1.31. The number of hydrogen-bond acceptors (Lipinski definition) is 6. The van der Waals surface area contributed by atoms with Gasteiger partial charge in [0, 0.05) is 12.4 Å². The molecule has 20 heavy (non-hydrogen) atoms. The van der Waals surface area contributed by atoms with Gasteiger partial charge in [0.1, 0.15) is 6.07 Å². The molecule has 0 aliphatic heterocycles. The highest BCUT2D eigenvalue weighted by molar-refractivity contribution is 7.99. The smallest absolute Gasteiger partial charge is 0.219 e. The van der Waals surface area contributed by atoms with Gasteiger partial charge in [-0.2, -0.15) is 9.94 Å². The first-order valence-electron chi connectivity index (χ1n) is 5.74. The van der Waals surface area contributed by atoms with Crippen LogP contribution in [0.15, 0.2) is 58.8 Å². The van der Waals surface area contributed by atoms with Crippen LogP contribution in [0.25, 0.3) is 5.69 Å². The zero-order chi connectivity index (χ0) is 13.8. The van der Waals surface area contributed by atoms with E-state index in [1.165, 1.54) is 11.8 Å². The molecule has 2 heterocycles. The van der Waals surface area contributed by atoms with E-state index >= 15 is 0 Å². The van der Waals surface area contributed by atoms with Crippen molar-refractivity contribution in [1.29, 1.82) is 5.26 Å². The topological polar surface area (TPSA) is 80.3 Å². The van der Waals surface area contributed by atoms with Crippen LogP contribution in [0, 0.1) is 11.3 Å². The minimum atomic E-state index is 0.549. The first-order chi connectivity index (χ1) is 9.88. The molecule has 3 rings (SSSR count). The molecule has 2 aromatic heterocycles. The maximum Gasteiger partial charge on any atom is 0.219 e. The fourth-order valence-electron chi connectivity index (χ4n) is 1.63. The van der Waals surface area contributed by atoms with E-state index in [9.17, 15) is 0 Å². The van der Waals surface area contributed by atoms with E-state index in [2.05, 4.69) is 26.6 Å². The van der Waals surface area contributed by atoms with Crippen molar-refractivity contribution in [2.45, 2.75) is 10.1 Å². The standard InChI is InChI=1S/C13H8N6S/c14-8-10-6-7-15-9-12(10)20-13-16-17-18-19(13)11-4-2-1-3-5-11/h1-7,9H. The van der Waals surface area contributed by atoms with Crippen molar-refractivity contribution in [3.05, 3.63) is 54.4 Å². The second-order valence-corrected chi connectivity index (χ2v) is 4.80. The summed E-state index contributed by atoms with van der Waals surface area (Å²) in [6.07, 6.45) is 3.22. The molecule has 0 bridgehead atoms. The summed E-state index contributed by atoms with van der Waals surface area (Å²) in [5.41, 5.74) is 1.41. The predicted molar refractivity (Wildman–Crippen MR) is 72.2 cm³/mol. The highest BCUT2D eigenvalue weighted by atomic mass is 32.2. The van der Waals surface area contributed by atoms with E-state index in [-0.39, 0.29) is 0 Å². The molecule has 7 heteroatoms. The molecular formula is C13H8N6S. The second-order valence-electron chi connectivity index (χ2n) is 3.79. The molecule has 0 aliphatic rings. The molecule has 96 valence electrons. The maximum atomic E-state index is 9.08. The summed E-state index contributed by atoms with van der Waals surface area (Å²) in [6.45, 7) is 0. The Morgan fingerprint density at radius 2 is 2.00 bits per heavy atom. The van der Waals surface area contributed by atoms with Gasteiger partial charge in [-0.25, -0.2) is 0 Å². The van der Waals surface area contributed by atoms with Crippen molar-refractivity contribution in [3.8, 4) is 11.8 Å². The molecule has 0 fully saturated rings. The molecule has 6 nitrogen and oxygen atoms in total. The van der Waals surface area contributed by atoms with E-state index in [0.717, 1.165) is 10.6 Å². The third-order valence-corrected chi connectivity index (χ3v) is 3.53. The van der Waals surface area contributed by atoms with Crippen LogP contribution in [0.2, 0.25) is 0 Å². The van der Waals surface area contributed by atoms with Crippen molar-refractivity contribution in [3.63, 3.8) is 0 Å². The van der Waals surface area contributed by atoms with Crippen LogP contribution in [-0.2, 0) is 0 Å². The highest BCUT2D eigenvalue weighted by Gasteiger charge is 2.12. The van der Waals surface area contributed by atoms with Crippen molar-refractivity contribution < 1.29 is 0 Å². The molecule has 0 aliphatic carbocycles. The molecule has 0 amide bonds. The minimum Gasteiger partial charge on any atom is -0.263 e. The zero-order valence-electron chi connectivity index (χ0n) is 10.2. The number of aromatic nitrogens is 5. The Morgan fingerprint density at radius 3 is 2.80 bits per heavy atom. The lowest BCUT2D eigenvalue weighted by Gasteiger charge is -2.04.